The molecule has 1 saturated heterocycles. The van der Waals surface area contributed by atoms with Gasteiger partial charge in [0.1, 0.15) is 22.2 Å². The molecule has 178 valence electrons. The average Bonchev–Trinajstić information content (AvgIpc) is 3.37. The van der Waals surface area contributed by atoms with Gasteiger partial charge in [-0.2, -0.15) is 0 Å². The molecule has 1 atom stereocenters. The number of rotatable bonds is 5. The van der Waals surface area contributed by atoms with Crippen LogP contribution in [0.5, 0.6) is 0 Å². The first-order valence-corrected chi connectivity index (χ1v) is 12.5. The van der Waals surface area contributed by atoms with Crippen LogP contribution in [0.15, 0.2) is 9.59 Å². The number of thiazole rings is 1. The number of β-amino-alcohol motifs (C(OH)–C–C–N with tert-alkyl or cyclic N) is 1. The zero-order chi connectivity index (χ0) is 24.2. The Morgan fingerprint density at radius 3 is 2.52 bits per heavy atom. The summed E-state index contributed by atoms with van der Waals surface area (Å²) in [6, 6.07) is 0. The lowest BCUT2D eigenvalue weighted by Gasteiger charge is -2.16. The summed E-state index contributed by atoms with van der Waals surface area (Å²) < 4.78 is 2.79. The van der Waals surface area contributed by atoms with Crippen molar-refractivity contribution in [2.75, 3.05) is 13.2 Å². The number of amides is 1. The quantitative estimate of drug-likeness (QED) is 0.541. The predicted molar refractivity (Wildman–Crippen MR) is 129 cm³/mol. The van der Waals surface area contributed by atoms with Crippen LogP contribution in [-0.2, 0) is 24.9 Å². The third-order valence-electron chi connectivity index (χ3n) is 5.19. The number of halogens is 2. The summed E-state index contributed by atoms with van der Waals surface area (Å²) >= 11 is 14.6. The van der Waals surface area contributed by atoms with Crippen molar-refractivity contribution in [2.45, 2.75) is 39.3 Å². The van der Waals surface area contributed by atoms with E-state index in [0.717, 1.165) is 9.63 Å². The fourth-order valence-corrected chi connectivity index (χ4v) is 6.48. The van der Waals surface area contributed by atoms with E-state index in [4.69, 9.17) is 28.0 Å². The Hall–Kier alpha value is -1.76. The van der Waals surface area contributed by atoms with Gasteiger partial charge >= 0.3 is 5.69 Å². The molecule has 0 unspecified atom stereocenters. The Morgan fingerprint density at radius 1 is 1.27 bits per heavy atom. The number of hydrogen-bond acceptors (Lipinski definition) is 8. The monoisotopic (exact) mass is 532 g/mol. The summed E-state index contributed by atoms with van der Waals surface area (Å²) in [4.78, 5) is 50.8. The highest BCUT2D eigenvalue weighted by Gasteiger charge is 2.39. The Balaban J connectivity index is 1.98. The number of carbonyl (C=O) groups is 1. The highest BCUT2D eigenvalue weighted by Crippen LogP contribution is 2.36. The van der Waals surface area contributed by atoms with Crippen molar-refractivity contribution < 1.29 is 14.7 Å². The summed E-state index contributed by atoms with van der Waals surface area (Å²) in [5.41, 5.74) is -2.10. The van der Waals surface area contributed by atoms with Crippen LogP contribution >= 0.6 is 45.9 Å². The van der Waals surface area contributed by atoms with Gasteiger partial charge in [0.25, 0.3) is 11.5 Å². The van der Waals surface area contributed by atoms with Crippen LogP contribution in [0.1, 0.15) is 40.9 Å². The van der Waals surface area contributed by atoms with Gasteiger partial charge < -0.3 is 5.11 Å². The van der Waals surface area contributed by atoms with E-state index in [1.807, 2.05) is 13.8 Å². The van der Waals surface area contributed by atoms with Crippen LogP contribution in [0.3, 0.4) is 0 Å². The van der Waals surface area contributed by atoms with Gasteiger partial charge in [0.05, 0.1) is 22.4 Å². The summed E-state index contributed by atoms with van der Waals surface area (Å²) in [6.45, 7) is 5.75. The zero-order valence-electron chi connectivity index (χ0n) is 18.3. The predicted octanol–water partition coefficient (Wildman–Crippen LogP) is 2.91. The topological polar surface area (TPSA) is 107 Å². The Morgan fingerprint density at radius 2 is 1.97 bits per heavy atom. The van der Waals surface area contributed by atoms with Crippen molar-refractivity contribution in [3.63, 3.8) is 0 Å². The zero-order valence-corrected chi connectivity index (χ0v) is 21.5. The molecule has 1 aliphatic rings. The smallest absolute Gasteiger partial charge is 0.331 e. The van der Waals surface area contributed by atoms with Crippen molar-refractivity contribution in [3.8, 4) is 0 Å². The van der Waals surface area contributed by atoms with Crippen molar-refractivity contribution in [2.24, 2.45) is 13.0 Å². The number of nitrogens with zero attached hydrogens (tertiary/aromatic N) is 4. The number of fused-ring (bicyclic) bond motifs is 1. The molecule has 0 aliphatic carbocycles. The second-order valence-corrected chi connectivity index (χ2v) is 11.8. The third-order valence-corrected chi connectivity index (χ3v) is 7.99. The van der Waals surface area contributed by atoms with Crippen LogP contribution < -0.4 is 11.2 Å². The SMILES string of the molecule is CC(C)Cn1c(=O)n(C)c(=O)c2c(C(=O)N3C[C@](C)(O)CO3)c(Cc3sc(Cl)nc3Cl)sc21. The summed E-state index contributed by atoms with van der Waals surface area (Å²) in [7, 11) is 1.39. The van der Waals surface area contributed by atoms with Crippen molar-refractivity contribution in [1.29, 1.82) is 0 Å². The molecule has 0 aromatic carbocycles. The third kappa shape index (κ3) is 4.50. The average molecular weight is 533 g/mol. The molecular formula is C20H22Cl2N4O5S2. The molecule has 9 nitrogen and oxygen atoms in total. The fraction of sp³-hybridized carbons (Fsp3) is 0.500. The van der Waals surface area contributed by atoms with Gasteiger partial charge in [0, 0.05) is 24.9 Å². The van der Waals surface area contributed by atoms with Gasteiger partial charge in [-0.3, -0.25) is 23.6 Å². The Bertz CT molecular complexity index is 1370. The van der Waals surface area contributed by atoms with Crippen LogP contribution in [0, 0.1) is 5.92 Å². The van der Waals surface area contributed by atoms with E-state index in [2.05, 4.69) is 4.98 Å². The molecule has 3 aromatic rings. The van der Waals surface area contributed by atoms with E-state index in [9.17, 15) is 19.5 Å². The van der Waals surface area contributed by atoms with Crippen molar-refractivity contribution in [3.05, 3.63) is 45.8 Å². The highest BCUT2D eigenvalue weighted by molar-refractivity contribution is 7.19. The van der Waals surface area contributed by atoms with Crippen molar-refractivity contribution in [1.82, 2.24) is 19.2 Å². The molecule has 1 fully saturated rings. The second-order valence-electron chi connectivity index (χ2n) is 8.70. The maximum Gasteiger partial charge on any atom is 0.331 e. The minimum Gasteiger partial charge on any atom is -0.386 e. The summed E-state index contributed by atoms with van der Waals surface area (Å²) in [5, 5.41) is 11.7. The molecule has 1 amide bonds. The standard InChI is InChI=1S/C20H22Cl2N4O5S2/c1-9(2)6-25-17-13(15(27)24(4)19(25)29)12(16(28)26-7-20(3,30)8-31-26)10(32-17)5-11-14(21)23-18(22)33-11/h9,30H,5-8H2,1-4H3/t20-/m0/s1. The highest BCUT2D eigenvalue weighted by atomic mass is 35.5. The summed E-state index contributed by atoms with van der Waals surface area (Å²) in [6.07, 6.45) is 0.201. The lowest BCUT2D eigenvalue weighted by atomic mass is 10.1. The molecule has 3 aromatic heterocycles. The first-order valence-electron chi connectivity index (χ1n) is 10.1. The first kappa shape index (κ1) is 24.4. The largest absolute Gasteiger partial charge is 0.386 e. The van der Waals surface area contributed by atoms with E-state index in [0.29, 0.717) is 21.1 Å². The van der Waals surface area contributed by atoms with Gasteiger partial charge in [-0.15, -0.1) is 22.7 Å². The molecule has 0 bridgehead atoms. The van der Waals surface area contributed by atoms with Crippen LogP contribution in [0.2, 0.25) is 9.62 Å². The molecular weight excluding hydrogens is 511 g/mol. The molecule has 33 heavy (non-hydrogen) atoms. The van der Waals surface area contributed by atoms with E-state index in [1.54, 1.807) is 6.92 Å². The minimum absolute atomic E-state index is 0.0531. The molecule has 0 radical (unpaired) electrons. The van der Waals surface area contributed by atoms with Gasteiger partial charge in [-0.05, 0) is 12.8 Å². The number of hydrogen-bond donors (Lipinski definition) is 1. The number of aromatic nitrogens is 3. The maximum absolute atomic E-state index is 13.6. The molecule has 0 spiro atoms. The molecule has 1 aliphatic heterocycles. The Kier molecular flexibility index (Phi) is 6.49. The first-order chi connectivity index (χ1) is 15.4. The summed E-state index contributed by atoms with van der Waals surface area (Å²) in [5.74, 6) is -0.438. The number of aliphatic hydroxyl groups is 1. The van der Waals surface area contributed by atoms with E-state index >= 15 is 0 Å². The van der Waals surface area contributed by atoms with Crippen LogP contribution in [-0.4, -0.2) is 48.9 Å². The number of carbonyl (C=O) groups excluding carboxylic acids is 1. The van der Waals surface area contributed by atoms with Gasteiger partial charge in [0.15, 0.2) is 4.47 Å². The van der Waals surface area contributed by atoms with Crippen LogP contribution in [0.25, 0.3) is 10.2 Å². The molecule has 4 rings (SSSR count). The number of hydroxylamine groups is 2. The fourth-order valence-electron chi connectivity index (χ4n) is 3.69. The van der Waals surface area contributed by atoms with E-state index < -0.39 is 22.8 Å². The maximum atomic E-state index is 13.6. The molecule has 4 heterocycles. The van der Waals surface area contributed by atoms with Crippen molar-refractivity contribution >= 4 is 62.0 Å². The van der Waals surface area contributed by atoms with Gasteiger partial charge in [-0.1, -0.05) is 37.0 Å². The minimum atomic E-state index is -1.21. The molecule has 0 saturated carbocycles. The number of thiophene rings is 1. The molecule has 13 heteroatoms. The van der Waals surface area contributed by atoms with Crippen LogP contribution in [0.4, 0.5) is 0 Å². The van der Waals surface area contributed by atoms with Gasteiger partial charge in [-0.25, -0.2) is 14.8 Å². The normalized spacial score (nSPS) is 18.7. The van der Waals surface area contributed by atoms with E-state index in [1.165, 1.54) is 34.3 Å². The van der Waals surface area contributed by atoms with Gasteiger partial charge in [0.2, 0.25) is 0 Å². The lowest BCUT2D eigenvalue weighted by molar-refractivity contribution is -0.0796. The Labute approximate surface area is 206 Å². The second kappa shape index (κ2) is 8.79. The molecule has 1 N–H and O–H groups in total. The lowest BCUT2D eigenvalue weighted by Crippen LogP contribution is -2.39. The van der Waals surface area contributed by atoms with E-state index in [-0.39, 0.29) is 46.1 Å².